The van der Waals surface area contributed by atoms with Gasteiger partial charge in [-0.25, -0.2) is 24.4 Å². The fraction of sp³-hybridized carbons (Fsp3) is 0.289. The van der Waals surface area contributed by atoms with E-state index in [1.165, 1.54) is 9.91 Å². The number of amides is 5. The molecule has 14 nitrogen and oxygen atoms in total. The number of urea groups is 1. The number of hydrogen-bond acceptors (Lipinski definition) is 9. The van der Waals surface area contributed by atoms with Crippen LogP contribution >= 0.6 is 0 Å². The van der Waals surface area contributed by atoms with Gasteiger partial charge in [0.05, 0.1) is 18.6 Å². The standard InChI is InChI=1S/C45H47N7O7/c1-30(2)40(43(55)58-29-33-14-8-5-9-15-33)48-45(57)59-36-21-19-31(20-22-36)24-37-42(54)50(26-35-17-10-16-34-18-11-23-46-41(34)35)27-38-51(37)39(53)28-49(3)52(38)44(56)47-25-32-12-6-4-7-13-32/h4-23,30,37-38,40H,24-29H2,1-3H3,(H,47,56)(H,48,57)/t37-,38?,40?/m0/s1. The molecule has 0 spiro atoms. The van der Waals surface area contributed by atoms with Gasteiger partial charge < -0.3 is 29.9 Å². The third-order valence-corrected chi connectivity index (χ3v) is 10.5. The van der Waals surface area contributed by atoms with Crippen molar-refractivity contribution in [2.24, 2.45) is 5.92 Å². The number of carbonyl (C=O) groups excluding carboxylic acids is 5. The molecule has 2 aliphatic heterocycles. The van der Waals surface area contributed by atoms with Crippen LogP contribution in [-0.4, -0.2) is 93.1 Å². The van der Waals surface area contributed by atoms with E-state index in [1.807, 2.05) is 91.0 Å². The summed E-state index contributed by atoms with van der Waals surface area (Å²) in [6.07, 6.45) is 0.208. The number of hydrogen-bond donors (Lipinski definition) is 2. The van der Waals surface area contributed by atoms with Crippen molar-refractivity contribution in [2.75, 3.05) is 20.1 Å². The van der Waals surface area contributed by atoms with E-state index in [4.69, 9.17) is 9.47 Å². The van der Waals surface area contributed by atoms with Gasteiger partial charge in [-0.2, -0.15) is 0 Å². The van der Waals surface area contributed by atoms with E-state index in [9.17, 15) is 24.0 Å². The SMILES string of the molecule is CC(C)C(NC(=O)Oc1ccc(C[C@H]2C(=O)N(Cc3cccc4cccnc34)CC3N2C(=O)CN(C)N3C(=O)NCc2ccccc2)cc1)C(=O)OCc1ccccc1. The number of piperazine rings is 1. The van der Waals surface area contributed by atoms with E-state index in [0.717, 1.165) is 27.6 Å². The third kappa shape index (κ3) is 9.50. The molecule has 2 aliphatic rings. The number of ether oxygens (including phenoxy) is 2. The van der Waals surface area contributed by atoms with Gasteiger partial charge in [0.25, 0.3) is 0 Å². The summed E-state index contributed by atoms with van der Waals surface area (Å²) >= 11 is 0. The monoisotopic (exact) mass is 797 g/mol. The number of carbonyl (C=O) groups is 5. The van der Waals surface area contributed by atoms with Crippen LogP contribution in [0.3, 0.4) is 0 Å². The zero-order valence-electron chi connectivity index (χ0n) is 33.2. The zero-order valence-corrected chi connectivity index (χ0v) is 33.2. The first-order valence-electron chi connectivity index (χ1n) is 19.6. The van der Waals surface area contributed by atoms with Crippen molar-refractivity contribution in [1.29, 1.82) is 0 Å². The van der Waals surface area contributed by atoms with E-state index in [0.29, 0.717) is 5.56 Å². The minimum absolute atomic E-state index is 0.0721. The highest BCUT2D eigenvalue weighted by atomic mass is 16.6. The first kappa shape index (κ1) is 40.4. The van der Waals surface area contributed by atoms with Gasteiger partial charge in [-0.15, -0.1) is 0 Å². The van der Waals surface area contributed by atoms with Crippen LogP contribution in [0.25, 0.3) is 10.9 Å². The Morgan fingerprint density at radius 1 is 0.831 bits per heavy atom. The molecule has 5 aromatic rings. The molecular weight excluding hydrogens is 751 g/mol. The topological polar surface area (TPSA) is 154 Å². The van der Waals surface area contributed by atoms with Gasteiger partial charge >= 0.3 is 18.1 Å². The molecular formula is C45H47N7O7. The molecule has 5 amide bonds. The maximum absolute atomic E-state index is 14.6. The lowest BCUT2D eigenvalue weighted by atomic mass is 9.98. The Morgan fingerprint density at radius 2 is 1.53 bits per heavy atom. The Labute approximate surface area is 342 Å². The predicted molar refractivity (Wildman–Crippen MR) is 219 cm³/mol. The molecule has 2 N–H and O–H groups in total. The van der Waals surface area contributed by atoms with Gasteiger partial charge in [0.15, 0.2) is 0 Å². The number of esters is 1. The number of nitrogens with zero attached hydrogens (tertiary/aromatic N) is 5. The smallest absolute Gasteiger partial charge is 0.413 e. The summed E-state index contributed by atoms with van der Waals surface area (Å²) in [6.45, 7) is 4.12. The molecule has 7 rings (SSSR count). The van der Waals surface area contributed by atoms with Gasteiger partial charge in [-0.1, -0.05) is 111 Å². The molecule has 0 bridgehead atoms. The first-order chi connectivity index (χ1) is 28.5. The molecule has 3 atom stereocenters. The summed E-state index contributed by atoms with van der Waals surface area (Å²) in [5.41, 5.74) is 4.04. The Balaban J connectivity index is 1.09. The number of para-hydroxylation sites is 1. The van der Waals surface area contributed by atoms with Crippen molar-refractivity contribution in [3.05, 3.63) is 144 Å². The molecule has 59 heavy (non-hydrogen) atoms. The number of likely N-dealkylation sites (N-methyl/N-ethyl adjacent to an activating group) is 1. The van der Waals surface area contributed by atoms with Crippen molar-refractivity contribution in [3.63, 3.8) is 0 Å². The Bertz CT molecular complexity index is 2290. The number of nitrogens with one attached hydrogen (secondary N) is 2. The molecule has 2 unspecified atom stereocenters. The lowest BCUT2D eigenvalue weighted by Crippen LogP contribution is -2.76. The predicted octanol–water partition coefficient (Wildman–Crippen LogP) is 5.27. The van der Waals surface area contributed by atoms with Gasteiger partial charge in [-0.3, -0.25) is 14.6 Å². The molecule has 4 aromatic carbocycles. The summed E-state index contributed by atoms with van der Waals surface area (Å²) in [4.78, 5) is 76.1. The minimum Gasteiger partial charge on any atom is -0.459 e. The van der Waals surface area contributed by atoms with Crippen molar-refractivity contribution in [3.8, 4) is 5.75 Å². The molecule has 0 saturated carbocycles. The van der Waals surface area contributed by atoms with Crippen LogP contribution < -0.4 is 15.4 Å². The van der Waals surface area contributed by atoms with Crippen molar-refractivity contribution in [1.82, 2.24) is 35.4 Å². The van der Waals surface area contributed by atoms with Crippen LogP contribution in [0, 0.1) is 5.92 Å². The summed E-state index contributed by atoms with van der Waals surface area (Å²) in [5, 5.41) is 9.66. The van der Waals surface area contributed by atoms with Crippen molar-refractivity contribution >= 4 is 40.8 Å². The minimum atomic E-state index is -0.953. The molecule has 1 aromatic heterocycles. The second-order valence-corrected chi connectivity index (χ2v) is 15.0. The maximum atomic E-state index is 14.6. The highest BCUT2D eigenvalue weighted by Gasteiger charge is 2.50. The van der Waals surface area contributed by atoms with Crippen LogP contribution in [0.5, 0.6) is 5.75 Å². The second kappa shape index (κ2) is 18.2. The van der Waals surface area contributed by atoms with Gasteiger partial charge in [-0.05, 0) is 46.4 Å². The molecule has 2 fully saturated rings. The lowest BCUT2D eigenvalue weighted by Gasteiger charge is -2.54. The Kier molecular flexibility index (Phi) is 12.5. The second-order valence-electron chi connectivity index (χ2n) is 15.0. The van der Waals surface area contributed by atoms with Gasteiger partial charge in [0.2, 0.25) is 11.8 Å². The van der Waals surface area contributed by atoms with Crippen LogP contribution in [0.2, 0.25) is 0 Å². The molecule has 2 saturated heterocycles. The lowest BCUT2D eigenvalue weighted by molar-refractivity contribution is -0.187. The largest absolute Gasteiger partial charge is 0.459 e. The van der Waals surface area contributed by atoms with Crippen LogP contribution in [0.4, 0.5) is 9.59 Å². The average molecular weight is 798 g/mol. The van der Waals surface area contributed by atoms with Crippen LogP contribution in [0.1, 0.15) is 36.1 Å². The van der Waals surface area contributed by atoms with E-state index >= 15 is 0 Å². The summed E-state index contributed by atoms with van der Waals surface area (Å²) < 4.78 is 11.0. The van der Waals surface area contributed by atoms with Crippen LogP contribution in [0.15, 0.2) is 121 Å². The molecule has 304 valence electrons. The number of pyridine rings is 1. The van der Waals surface area contributed by atoms with Gasteiger partial charge in [0.1, 0.15) is 30.6 Å². The molecule has 0 radical (unpaired) electrons. The highest BCUT2D eigenvalue weighted by Crippen LogP contribution is 2.30. The van der Waals surface area contributed by atoms with E-state index < -0.39 is 36.3 Å². The van der Waals surface area contributed by atoms with Crippen molar-refractivity contribution < 1.29 is 33.4 Å². The third-order valence-electron chi connectivity index (χ3n) is 10.5. The number of rotatable bonds is 12. The summed E-state index contributed by atoms with van der Waals surface area (Å²) in [7, 11) is 1.69. The highest BCUT2D eigenvalue weighted by molar-refractivity contribution is 5.92. The molecule has 3 heterocycles. The molecule has 0 aliphatic carbocycles. The summed E-state index contributed by atoms with van der Waals surface area (Å²) in [6, 6.07) is 32.7. The fourth-order valence-electron chi connectivity index (χ4n) is 7.50. The first-order valence-corrected chi connectivity index (χ1v) is 19.6. The van der Waals surface area contributed by atoms with E-state index in [1.54, 1.807) is 61.3 Å². The number of fused-ring (bicyclic) bond motifs is 2. The average Bonchev–Trinajstić information content (AvgIpc) is 3.24. The molecule has 14 heteroatoms. The zero-order chi connectivity index (χ0) is 41.5. The summed E-state index contributed by atoms with van der Waals surface area (Å²) in [5.74, 6) is -1.20. The normalized spacial score (nSPS) is 17.4. The van der Waals surface area contributed by atoms with Crippen LogP contribution in [-0.2, 0) is 45.2 Å². The quantitative estimate of drug-likeness (QED) is 0.161. The van der Waals surface area contributed by atoms with Crippen molar-refractivity contribution in [2.45, 2.75) is 58.2 Å². The fourth-order valence-corrected chi connectivity index (χ4v) is 7.50. The Hall–Kier alpha value is -6.80. The number of benzene rings is 4. The maximum Gasteiger partial charge on any atom is 0.413 e. The number of aromatic nitrogens is 1. The van der Waals surface area contributed by atoms with Gasteiger partial charge in [0, 0.05) is 38.1 Å². The van der Waals surface area contributed by atoms with E-state index in [-0.39, 0.29) is 62.7 Å². The Morgan fingerprint density at radius 3 is 2.24 bits per heavy atom. The van der Waals surface area contributed by atoms with E-state index in [2.05, 4.69) is 15.6 Å². The number of hydrazine groups is 1.